The van der Waals surface area contributed by atoms with Gasteiger partial charge >= 0.3 is 5.91 Å². The molecule has 2 aliphatic rings. The summed E-state index contributed by atoms with van der Waals surface area (Å²) < 4.78 is 7.35. The van der Waals surface area contributed by atoms with E-state index < -0.39 is 17.7 Å². The highest BCUT2D eigenvalue weighted by Gasteiger charge is 2.48. The number of aromatic nitrogens is 1. The maximum atomic E-state index is 13.4. The fourth-order valence-corrected chi connectivity index (χ4v) is 6.42. The number of fused-ring (bicyclic) bond motifs is 2. The molecule has 0 radical (unpaired) electrons. The smallest absolute Gasteiger partial charge is 0.301 e. The van der Waals surface area contributed by atoms with E-state index in [2.05, 4.69) is 20.9 Å². The quantitative estimate of drug-likeness (QED) is 0.166. The van der Waals surface area contributed by atoms with Gasteiger partial charge in [0.1, 0.15) is 17.6 Å². The number of ketones is 1. The van der Waals surface area contributed by atoms with Crippen molar-refractivity contribution < 1.29 is 19.4 Å². The second-order valence-corrected chi connectivity index (χ2v) is 11.1. The van der Waals surface area contributed by atoms with E-state index in [4.69, 9.17) is 16.3 Å². The van der Waals surface area contributed by atoms with Gasteiger partial charge in [-0.15, -0.1) is 0 Å². The molecular weight excluding hydrogens is 564 g/mol. The van der Waals surface area contributed by atoms with Crippen molar-refractivity contribution in [3.63, 3.8) is 0 Å². The summed E-state index contributed by atoms with van der Waals surface area (Å²) in [6, 6.07) is 17.1. The molecule has 9 heteroatoms. The zero-order valence-corrected chi connectivity index (χ0v) is 22.0. The van der Waals surface area contributed by atoms with Gasteiger partial charge in [-0.3, -0.25) is 14.5 Å². The van der Waals surface area contributed by atoms with Crippen molar-refractivity contribution in [1.29, 1.82) is 0 Å². The molecule has 0 bridgehead atoms. The molecule has 3 heterocycles. The van der Waals surface area contributed by atoms with E-state index in [9.17, 15) is 14.7 Å². The van der Waals surface area contributed by atoms with Crippen molar-refractivity contribution in [2.24, 2.45) is 0 Å². The van der Waals surface area contributed by atoms with E-state index in [1.54, 1.807) is 30.3 Å². The number of Topliss-reactive ketones (excluding diaryl/α,β-unsaturated/α-hetero) is 1. The number of anilines is 1. The van der Waals surface area contributed by atoms with Crippen molar-refractivity contribution in [3.05, 3.63) is 92.4 Å². The van der Waals surface area contributed by atoms with Crippen molar-refractivity contribution in [2.45, 2.75) is 25.5 Å². The van der Waals surface area contributed by atoms with Crippen LogP contribution in [0.25, 0.3) is 16.0 Å². The summed E-state index contributed by atoms with van der Waals surface area (Å²) in [5.41, 5.74) is 2.76. The highest BCUT2D eigenvalue weighted by molar-refractivity contribution is 9.10. The molecule has 0 saturated carbocycles. The first kappa shape index (κ1) is 23.2. The average molecular weight is 582 g/mol. The van der Waals surface area contributed by atoms with Gasteiger partial charge in [0.05, 0.1) is 21.8 Å². The average Bonchev–Trinajstić information content (AvgIpc) is 3.50. The highest BCUT2D eigenvalue weighted by atomic mass is 79.9. The maximum Gasteiger partial charge on any atom is 0.301 e. The standard InChI is InChI=1S/C27H18BrClN2O4S/c1-13-9-16-10-15(5-8-20(16)35-13)24(32)22-23(14-3-2-4-17(28)11-14)31(26(34)25(22)33)27-30-19-7-6-18(29)12-21(19)36-27/h2-8,10-13,23,32H,9H2,1H3/t13-,23+/m1/s1. The first-order valence-electron chi connectivity index (χ1n) is 11.2. The van der Waals surface area contributed by atoms with Crippen molar-refractivity contribution >= 4 is 71.7 Å². The Morgan fingerprint density at radius 1 is 1.17 bits per heavy atom. The minimum atomic E-state index is -0.859. The number of carbonyl (C=O) groups excluding carboxylic acids is 2. The maximum absolute atomic E-state index is 13.4. The second-order valence-electron chi connectivity index (χ2n) is 8.79. The number of aliphatic hydroxyl groups is 1. The van der Waals surface area contributed by atoms with Crippen LogP contribution >= 0.6 is 38.9 Å². The number of hydrogen-bond donors (Lipinski definition) is 1. The number of carbonyl (C=O) groups is 2. The lowest BCUT2D eigenvalue weighted by molar-refractivity contribution is -0.132. The van der Waals surface area contributed by atoms with Crippen molar-refractivity contribution in [2.75, 3.05) is 4.90 Å². The molecule has 0 aliphatic carbocycles. The lowest BCUT2D eigenvalue weighted by atomic mass is 9.94. The molecule has 4 aromatic rings. The van der Waals surface area contributed by atoms with Crippen LogP contribution in [0.4, 0.5) is 5.13 Å². The predicted octanol–water partition coefficient (Wildman–Crippen LogP) is 6.66. The van der Waals surface area contributed by atoms with Crippen molar-refractivity contribution in [3.8, 4) is 5.75 Å². The molecule has 1 aromatic heterocycles. The Bertz CT molecular complexity index is 1610. The van der Waals surface area contributed by atoms with Crippen LogP contribution in [-0.2, 0) is 16.0 Å². The Morgan fingerprint density at radius 2 is 2.00 bits per heavy atom. The van der Waals surface area contributed by atoms with Gasteiger partial charge in [-0.05, 0) is 66.6 Å². The zero-order chi connectivity index (χ0) is 25.1. The van der Waals surface area contributed by atoms with Gasteiger partial charge in [0.15, 0.2) is 5.13 Å². The fourth-order valence-electron chi connectivity index (χ4n) is 4.74. The number of halogens is 2. The lowest BCUT2D eigenvalue weighted by Gasteiger charge is -2.23. The van der Waals surface area contributed by atoms with Gasteiger partial charge in [0, 0.05) is 21.5 Å². The molecule has 36 heavy (non-hydrogen) atoms. The summed E-state index contributed by atoms with van der Waals surface area (Å²) in [4.78, 5) is 32.9. The van der Waals surface area contributed by atoms with Crippen LogP contribution in [-0.4, -0.2) is 27.9 Å². The highest BCUT2D eigenvalue weighted by Crippen LogP contribution is 2.45. The number of benzene rings is 3. The van der Waals surface area contributed by atoms with Gasteiger partial charge < -0.3 is 9.84 Å². The third-order valence-corrected chi connectivity index (χ3v) is 8.07. The second kappa shape index (κ2) is 8.73. The molecule has 180 valence electrons. The van der Waals surface area contributed by atoms with E-state index in [-0.39, 0.29) is 17.4 Å². The SMILES string of the molecule is C[C@@H]1Cc2cc(C(O)=C3C(=O)C(=O)N(c4nc5ccc(Cl)cc5s4)[C@H]3c3cccc(Br)c3)ccc2O1. The molecule has 1 amide bonds. The largest absolute Gasteiger partial charge is 0.507 e. The first-order chi connectivity index (χ1) is 17.3. The molecule has 1 N–H and O–H groups in total. The molecule has 3 aromatic carbocycles. The number of thiazole rings is 1. The van der Waals surface area contributed by atoms with E-state index in [1.807, 2.05) is 37.3 Å². The number of nitrogens with zero attached hydrogens (tertiary/aromatic N) is 2. The normalized spacial score (nSPS) is 20.7. The van der Waals surface area contributed by atoms with Gasteiger partial charge in [0.2, 0.25) is 0 Å². The number of ether oxygens (including phenoxy) is 1. The third kappa shape index (κ3) is 3.80. The number of rotatable bonds is 3. The number of hydrogen-bond acceptors (Lipinski definition) is 6. The molecule has 6 rings (SSSR count). The molecule has 2 aliphatic heterocycles. The summed E-state index contributed by atoms with van der Waals surface area (Å²) in [6.45, 7) is 1.98. The lowest BCUT2D eigenvalue weighted by Crippen LogP contribution is -2.29. The molecule has 1 fully saturated rings. The van der Waals surface area contributed by atoms with Crippen LogP contribution in [0.2, 0.25) is 5.02 Å². The number of amides is 1. The predicted molar refractivity (Wildman–Crippen MR) is 144 cm³/mol. The van der Waals surface area contributed by atoms with Gasteiger partial charge in [-0.1, -0.05) is 51.0 Å². The fraction of sp³-hybridized carbons (Fsp3) is 0.148. The Hall–Kier alpha value is -3.20. The van der Waals surface area contributed by atoms with E-state index in [1.165, 1.54) is 16.2 Å². The topological polar surface area (TPSA) is 79.7 Å². The summed E-state index contributed by atoms with van der Waals surface area (Å²) in [7, 11) is 0. The van der Waals surface area contributed by atoms with Gasteiger partial charge in [-0.25, -0.2) is 4.98 Å². The monoisotopic (exact) mass is 580 g/mol. The van der Waals surface area contributed by atoms with Crippen LogP contribution in [0.1, 0.15) is 29.7 Å². The molecule has 1 saturated heterocycles. The van der Waals surface area contributed by atoms with Crippen LogP contribution in [0.15, 0.2) is 70.7 Å². The summed E-state index contributed by atoms with van der Waals surface area (Å²) in [6.07, 6.45) is 0.742. The van der Waals surface area contributed by atoms with Crippen LogP contribution in [0.3, 0.4) is 0 Å². The summed E-state index contributed by atoms with van der Waals surface area (Å²) in [5, 5.41) is 12.4. The Morgan fingerprint density at radius 3 is 2.81 bits per heavy atom. The van der Waals surface area contributed by atoms with Crippen molar-refractivity contribution in [1.82, 2.24) is 4.98 Å². The first-order valence-corrected chi connectivity index (χ1v) is 13.2. The number of aliphatic hydroxyl groups excluding tert-OH is 1. The van der Waals surface area contributed by atoms with E-state index >= 15 is 0 Å². The molecule has 6 nitrogen and oxygen atoms in total. The minimum absolute atomic E-state index is 0.0160. The Kier molecular flexibility index (Phi) is 5.63. The Labute approximate surface area is 223 Å². The van der Waals surface area contributed by atoms with Crippen LogP contribution in [0, 0.1) is 0 Å². The van der Waals surface area contributed by atoms with Crippen LogP contribution < -0.4 is 9.64 Å². The molecular formula is C27H18BrClN2O4S. The minimum Gasteiger partial charge on any atom is -0.507 e. The molecule has 0 unspecified atom stereocenters. The van der Waals surface area contributed by atoms with Gasteiger partial charge in [0.25, 0.3) is 5.78 Å². The summed E-state index contributed by atoms with van der Waals surface area (Å²) >= 11 is 10.9. The van der Waals surface area contributed by atoms with Crippen LogP contribution in [0.5, 0.6) is 5.75 Å². The molecule has 0 spiro atoms. The Balaban J connectivity index is 1.54. The molecule has 2 atom stereocenters. The summed E-state index contributed by atoms with van der Waals surface area (Å²) in [5.74, 6) is -0.979. The zero-order valence-electron chi connectivity index (χ0n) is 18.9. The van der Waals surface area contributed by atoms with E-state index in [0.717, 1.165) is 20.5 Å². The van der Waals surface area contributed by atoms with E-state index in [0.29, 0.717) is 33.2 Å². The third-order valence-electron chi connectivity index (χ3n) is 6.32. The van der Waals surface area contributed by atoms with Gasteiger partial charge in [-0.2, -0.15) is 0 Å².